The highest BCUT2D eigenvalue weighted by Crippen LogP contribution is 2.40. The summed E-state index contributed by atoms with van der Waals surface area (Å²) in [6.07, 6.45) is 3.73. The number of β-lactam (4-membered cyclic amide) rings is 1. The van der Waals surface area contributed by atoms with Gasteiger partial charge in [0, 0.05) is 18.8 Å². The Morgan fingerprint density at radius 3 is 2.69 bits per heavy atom. The zero-order chi connectivity index (χ0) is 9.64. The molecule has 0 unspecified atom stereocenters. The van der Waals surface area contributed by atoms with E-state index in [1.807, 2.05) is 27.1 Å². The Bertz CT molecular complexity index is 353. The predicted octanol–water partition coefficient (Wildman–Crippen LogP) is 0.617. The van der Waals surface area contributed by atoms with Crippen LogP contribution in [0.15, 0.2) is 12.4 Å². The molecule has 2 rings (SSSR count). The van der Waals surface area contributed by atoms with Gasteiger partial charge < -0.3 is 5.32 Å². The van der Waals surface area contributed by atoms with Crippen LogP contribution in [0.3, 0.4) is 0 Å². The molecule has 0 bridgehead atoms. The van der Waals surface area contributed by atoms with Crippen LogP contribution in [-0.4, -0.2) is 15.7 Å². The Kier molecular flexibility index (Phi) is 1.49. The van der Waals surface area contributed by atoms with Crippen molar-refractivity contribution < 1.29 is 4.79 Å². The standard InChI is InChI=1S/C9H13N3O/c1-9(2)7(11-8(9)13)6-4-10-12(3)5-6/h4-5,7H,1-3H3,(H,11,13)/t7-/m1/s1. The average Bonchev–Trinajstić information content (AvgIpc) is 2.47. The van der Waals surface area contributed by atoms with Gasteiger partial charge in [0.25, 0.3) is 0 Å². The average molecular weight is 179 g/mol. The maximum atomic E-state index is 11.2. The summed E-state index contributed by atoms with van der Waals surface area (Å²) in [5.41, 5.74) is 0.787. The highest BCUT2D eigenvalue weighted by atomic mass is 16.2. The first-order chi connectivity index (χ1) is 6.01. The van der Waals surface area contributed by atoms with Crippen LogP contribution in [0.4, 0.5) is 0 Å². The van der Waals surface area contributed by atoms with Crippen molar-refractivity contribution in [2.24, 2.45) is 12.5 Å². The third kappa shape index (κ3) is 1.05. The minimum atomic E-state index is -0.289. The van der Waals surface area contributed by atoms with Crippen molar-refractivity contribution in [1.29, 1.82) is 0 Å². The van der Waals surface area contributed by atoms with Gasteiger partial charge in [0.2, 0.25) is 5.91 Å². The number of carbonyl (C=O) groups is 1. The summed E-state index contributed by atoms with van der Waals surface area (Å²) in [6, 6.07) is 0.119. The molecule has 2 heterocycles. The molecule has 13 heavy (non-hydrogen) atoms. The van der Waals surface area contributed by atoms with Crippen LogP contribution in [0.5, 0.6) is 0 Å². The molecule has 70 valence electrons. The molecule has 1 saturated heterocycles. The van der Waals surface area contributed by atoms with E-state index >= 15 is 0 Å². The quantitative estimate of drug-likeness (QED) is 0.642. The Balaban J connectivity index is 2.26. The van der Waals surface area contributed by atoms with E-state index in [0.717, 1.165) is 5.56 Å². The van der Waals surface area contributed by atoms with Crippen molar-refractivity contribution in [3.05, 3.63) is 18.0 Å². The SMILES string of the molecule is Cn1cc([C@H]2NC(=O)C2(C)C)cn1. The van der Waals surface area contributed by atoms with Crippen molar-refractivity contribution in [3.63, 3.8) is 0 Å². The van der Waals surface area contributed by atoms with E-state index in [0.29, 0.717) is 0 Å². The fraction of sp³-hybridized carbons (Fsp3) is 0.556. The summed E-state index contributed by atoms with van der Waals surface area (Å²) in [6.45, 7) is 3.90. The lowest BCUT2D eigenvalue weighted by atomic mass is 9.74. The van der Waals surface area contributed by atoms with Crippen LogP contribution in [0.2, 0.25) is 0 Å². The molecule has 0 saturated carbocycles. The monoisotopic (exact) mass is 179 g/mol. The fourth-order valence-corrected chi connectivity index (χ4v) is 1.64. The number of hydrogen-bond donors (Lipinski definition) is 1. The largest absolute Gasteiger partial charge is 0.348 e. The van der Waals surface area contributed by atoms with Gasteiger partial charge in [0.05, 0.1) is 17.7 Å². The first-order valence-corrected chi connectivity index (χ1v) is 4.31. The van der Waals surface area contributed by atoms with Gasteiger partial charge in [-0.1, -0.05) is 0 Å². The van der Waals surface area contributed by atoms with Crippen molar-refractivity contribution in [2.45, 2.75) is 19.9 Å². The van der Waals surface area contributed by atoms with Crippen LogP contribution in [0.25, 0.3) is 0 Å². The minimum Gasteiger partial charge on any atom is -0.348 e. The summed E-state index contributed by atoms with van der Waals surface area (Å²) in [5.74, 6) is 0.112. The second-order valence-electron chi connectivity index (χ2n) is 4.08. The van der Waals surface area contributed by atoms with Crippen LogP contribution >= 0.6 is 0 Å². The highest BCUT2D eigenvalue weighted by Gasteiger charge is 2.48. The van der Waals surface area contributed by atoms with Crippen LogP contribution in [0.1, 0.15) is 25.5 Å². The molecule has 1 aliphatic heterocycles. The molecule has 1 atom stereocenters. The van der Waals surface area contributed by atoms with E-state index in [1.165, 1.54) is 0 Å². The number of aryl methyl sites for hydroxylation is 1. The smallest absolute Gasteiger partial charge is 0.228 e. The molecule has 1 aromatic rings. The molecular formula is C9H13N3O. The number of rotatable bonds is 1. The van der Waals surface area contributed by atoms with Crippen molar-refractivity contribution in [1.82, 2.24) is 15.1 Å². The van der Waals surface area contributed by atoms with E-state index in [9.17, 15) is 4.79 Å². The van der Waals surface area contributed by atoms with Gasteiger partial charge in [0.15, 0.2) is 0 Å². The third-order valence-electron chi connectivity index (χ3n) is 2.64. The molecule has 1 amide bonds. The first kappa shape index (κ1) is 8.29. The van der Waals surface area contributed by atoms with Gasteiger partial charge in [-0.2, -0.15) is 5.10 Å². The van der Waals surface area contributed by atoms with E-state index in [2.05, 4.69) is 10.4 Å². The molecule has 0 aliphatic carbocycles. The molecule has 0 radical (unpaired) electrons. The highest BCUT2D eigenvalue weighted by molar-refractivity contribution is 5.89. The van der Waals surface area contributed by atoms with Crippen LogP contribution in [-0.2, 0) is 11.8 Å². The molecular weight excluding hydrogens is 166 g/mol. The molecule has 1 aromatic heterocycles. The van der Waals surface area contributed by atoms with E-state index in [1.54, 1.807) is 10.9 Å². The van der Waals surface area contributed by atoms with Gasteiger partial charge in [-0.25, -0.2) is 0 Å². The zero-order valence-electron chi connectivity index (χ0n) is 8.03. The van der Waals surface area contributed by atoms with Gasteiger partial charge >= 0.3 is 0 Å². The summed E-state index contributed by atoms with van der Waals surface area (Å²) in [4.78, 5) is 11.2. The number of nitrogens with zero attached hydrogens (tertiary/aromatic N) is 2. The Labute approximate surface area is 76.9 Å². The summed E-state index contributed by atoms with van der Waals surface area (Å²) in [5, 5.41) is 6.95. The summed E-state index contributed by atoms with van der Waals surface area (Å²) >= 11 is 0. The normalized spacial score (nSPS) is 25.2. The lowest BCUT2D eigenvalue weighted by molar-refractivity contribution is -0.143. The number of aromatic nitrogens is 2. The molecule has 1 aliphatic rings. The molecule has 4 nitrogen and oxygen atoms in total. The molecule has 1 fully saturated rings. The molecule has 0 aromatic carbocycles. The van der Waals surface area contributed by atoms with E-state index < -0.39 is 0 Å². The Morgan fingerprint density at radius 2 is 2.31 bits per heavy atom. The first-order valence-electron chi connectivity index (χ1n) is 4.31. The number of carbonyl (C=O) groups excluding carboxylic acids is 1. The van der Waals surface area contributed by atoms with Crippen LogP contribution < -0.4 is 5.32 Å². The lowest BCUT2D eigenvalue weighted by Crippen LogP contribution is -2.57. The van der Waals surface area contributed by atoms with Gasteiger partial charge in [-0.15, -0.1) is 0 Å². The Morgan fingerprint density at radius 1 is 1.62 bits per heavy atom. The Hall–Kier alpha value is -1.32. The van der Waals surface area contributed by atoms with E-state index in [4.69, 9.17) is 0 Å². The number of nitrogens with one attached hydrogen (secondary N) is 1. The van der Waals surface area contributed by atoms with Crippen molar-refractivity contribution >= 4 is 5.91 Å². The summed E-state index contributed by atoms with van der Waals surface area (Å²) in [7, 11) is 1.87. The van der Waals surface area contributed by atoms with E-state index in [-0.39, 0.29) is 17.4 Å². The summed E-state index contributed by atoms with van der Waals surface area (Å²) < 4.78 is 1.75. The molecule has 1 N–H and O–H groups in total. The van der Waals surface area contributed by atoms with Gasteiger partial charge in [-0.05, 0) is 13.8 Å². The predicted molar refractivity (Wildman–Crippen MR) is 47.9 cm³/mol. The van der Waals surface area contributed by atoms with Gasteiger partial charge in [-0.3, -0.25) is 9.48 Å². The lowest BCUT2D eigenvalue weighted by Gasteiger charge is -2.43. The van der Waals surface area contributed by atoms with Crippen molar-refractivity contribution in [3.8, 4) is 0 Å². The van der Waals surface area contributed by atoms with Gasteiger partial charge in [0.1, 0.15) is 0 Å². The number of amides is 1. The second kappa shape index (κ2) is 2.34. The van der Waals surface area contributed by atoms with Crippen LogP contribution in [0, 0.1) is 5.41 Å². The fourth-order valence-electron chi connectivity index (χ4n) is 1.64. The van der Waals surface area contributed by atoms with Crippen molar-refractivity contribution in [2.75, 3.05) is 0 Å². The molecule has 4 heteroatoms. The topological polar surface area (TPSA) is 46.9 Å². The third-order valence-corrected chi connectivity index (χ3v) is 2.64. The maximum absolute atomic E-state index is 11.2. The second-order valence-corrected chi connectivity index (χ2v) is 4.08. The minimum absolute atomic E-state index is 0.112. The number of hydrogen-bond acceptors (Lipinski definition) is 2. The maximum Gasteiger partial charge on any atom is 0.228 e. The zero-order valence-corrected chi connectivity index (χ0v) is 8.03. The molecule has 0 spiro atoms.